The lowest BCUT2D eigenvalue weighted by atomic mass is 9.79. The number of benzene rings is 2. The molecule has 0 aliphatic heterocycles. The molecule has 0 heterocycles. The molecule has 0 bridgehead atoms. The van der Waals surface area contributed by atoms with E-state index in [9.17, 15) is 15.3 Å². The molecule has 1 aliphatic carbocycles. The Morgan fingerprint density at radius 3 is 2.15 bits per heavy atom. The van der Waals surface area contributed by atoms with Crippen molar-refractivity contribution in [1.82, 2.24) is 0 Å². The molecule has 3 N–H and O–H groups in total. The summed E-state index contributed by atoms with van der Waals surface area (Å²) in [6.07, 6.45) is 0.781. The van der Waals surface area contributed by atoms with Crippen molar-refractivity contribution in [2.45, 2.75) is 11.8 Å². The van der Waals surface area contributed by atoms with E-state index in [4.69, 9.17) is 0 Å². The minimum Gasteiger partial charge on any atom is -0.395 e. The molecule has 0 amide bonds. The van der Waals surface area contributed by atoms with Gasteiger partial charge in [0.2, 0.25) is 0 Å². The number of aliphatic hydroxyl groups is 3. The van der Waals surface area contributed by atoms with Crippen molar-refractivity contribution in [3.63, 3.8) is 0 Å². The van der Waals surface area contributed by atoms with Gasteiger partial charge in [-0.3, -0.25) is 0 Å². The number of hydrogen-bond donors (Lipinski definition) is 3. The fourth-order valence-corrected chi connectivity index (χ4v) is 3.06. The van der Waals surface area contributed by atoms with Crippen LogP contribution in [0.15, 0.2) is 42.5 Å². The van der Waals surface area contributed by atoms with Crippen molar-refractivity contribution in [3.05, 3.63) is 59.2 Å². The van der Waals surface area contributed by atoms with Crippen LogP contribution < -0.4 is 0 Å². The molecule has 0 aromatic heterocycles. The fourth-order valence-electron chi connectivity index (χ4n) is 3.06. The van der Waals surface area contributed by atoms with Crippen LogP contribution in [0.5, 0.6) is 0 Å². The molecule has 3 nitrogen and oxygen atoms in total. The smallest absolute Gasteiger partial charge is 0.0648 e. The van der Waals surface area contributed by atoms with Gasteiger partial charge in [0.05, 0.1) is 25.2 Å². The first-order valence-electron chi connectivity index (χ1n) is 6.79. The van der Waals surface area contributed by atoms with Gasteiger partial charge in [-0.25, -0.2) is 0 Å². The van der Waals surface area contributed by atoms with Gasteiger partial charge in [0.15, 0.2) is 0 Å². The summed E-state index contributed by atoms with van der Waals surface area (Å²) in [5.41, 5.74) is 4.56. The van der Waals surface area contributed by atoms with Gasteiger partial charge in [-0.1, -0.05) is 42.5 Å². The lowest BCUT2D eigenvalue weighted by Crippen LogP contribution is -2.39. The zero-order chi connectivity index (χ0) is 14.2. The molecule has 0 saturated carbocycles. The number of aliphatic hydroxyl groups excluding tert-OH is 3. The Kier molecular flexibility index (Phi) is 3.34. The molecule has 0 saturated heterocycles. The summed E-state index contributed by atoms with van der Waals surface area (Å²) in [5.74, 6) is 0. The van der Waals surface area contributed by atoms with Crippen molar-refractivity contribution in [2.24, 2.45) is 0 Å². The van der Waals surface area contributed by atoms with Gasteiger partial charge in [0.25, 0.3) is 0 Å². The molecule has 0 radical (unpaired) electrons. The van der Waals surface area contributed by atoms with E-state index >= 15 is 0 Å². The van der Waals surface area contributed by atoms with Crippen LogP contribution >= 0.6 is 0 Å². The lowest BCUT2D eigenvalue weighted by molar-refractivity contribution is 0.0636. The van der Waals surface area contributed by atoms with Crippen molar-refractivity contribution in [3.8, 4) is 11.1 Å². The van der Waals surface area contributed by atoms with Gasteiger partial charge in [-0.2, -0.15) is 0 Å². The highest BCUT2D eigenvalue weighted by atomic mass is 16.3. The van der Waals surface area contributed by atoms with Gasteiger partial charge >= 0.3 is 0 Å². The predicted octanol–water partition coefficient (Wildman–Crippen LogP) is 1.47. The number of fused-ring (bicyclic) bond motifs is 3. The Morgan fingerprint density at radius 2 is 1.45 bits per heavy atom. The van der Waals surface area contributed by atoms with Crippen molar-refractivity contribution in [2.75, 3.05) is 19.8 Å². The average Bonchev–Trinajstić information content (AvgIpc) is 2.89. The molecule has 2 aromatic rings. The maximum Gasteiger partial charge on any atom is 0.0648 e. The van der Waals surface area contributed by atoms with E-state index in [0.29, 0.717) is 0 Å². The summed E-state index contributed by atoms with van der Waals surface area (Å²) in [4.78, 5) is 0. The third-order valence-corrected chi connectivity index (χ3v) is 4.33. The first kappa shape index (κ1) is 13.3. The van der Waals surface area contributed by atoms with Gasteiger partial charge in [-0.15, -0.1) is 0 Å². The lowest BCUT2D eigenvalue weighted by Gasteiger charge is -2.30. The number of hydrogen-bond acceptors (Lipinski definition) is 3. The standard InChI is InChI=1S/C17H18O3/c18-9-17(10-19,11-20)16-7-3-6-14-13-5-2-1-4-12(13)8-15(14)16/h1-7,18-20H,8-11H2. The minimum atomic E-state index is -0.979. The van der Waals surface area contributed by atoms with Gasteiger partial charge in [-0.05, 0) is 34.2 Å². The maximum absolute atomic E-state index is 9.66. The van der Waals surface area contributed by atoms with Gasteiger partial charge < -0.3 is 15.3 Å². The van der Waals surface area contributed by atoms with Crippen molar-refractivity contribution < 1.29 is 15.3 Å². The summed E-state index contributed by atoms with van der Waals surface area (Å²) in [6.45, 7) is -0.813. The van der Waals surface area contributed by atoms with E-state index in [1.54, 1.807) is 0 Å². The van der Waals surface area contributed by atoms with Crippen LogP contribution in [0.4, 0.5) is 0 Å². The van der Waals surface area contributed by atoms with Crippen molar-refractivity contribution >= 4 is 0 Å². The zero-order valence-corrected chi connectivity index (χ0v) is 11.2. The van der Waals surface area contributed by atoms with Crippen LogP contribution in [0.25, 0.3) is 11.1 Å². The quantitative estimate of drug-likeness (QED) is 0.673. The Bertz CT molecular complexity index is 622. The van der Waals surface area contributed by atoms with E-state index in [1.807, 2.05) is 24.3 Å². The molecule has 3 heteroatoms. The highest BCUT2D eigenvalue weighted by Gasteiger charge is 2.35. The molecule has 3 rings (SSSR count). The molecule has 0 spiro atoms. The Labute approximate surface area is 118 Å². The highest BCUT2D eigenvalue weighted by molar-refractivity contribution is 5.78. The van der Waals surface area contributed by atoms with Gasteiger partial charge in [0, 0.05) is 0 Å². The minimum absolute atomic E-state index is 0.271. The van der Waals surface area contributed by atoms with E-state index in [0.717, 1.165) is 23.1 Å². The second-order valence-corrected chi connectivity index (χ2v) is 5.42. The molecule has 0 unspecified atom stereocenters. The third kappa shape index (κ3) is 1.79. The first-order valence-corrected chi connectivity index (χ1v) is 6.79. The first-order chi connectivity index (χ1) is 9.75. The van der Waals surface area contributed by atoms with Crippen LogP contribution in [0.2, 0.25) is 0 Å². The highest BCUT2D eigenvalue weighted by Crippen LogP contribution is 2.41. The summed E-state index contributed by atoms with van der Waals surface area (Å²) in [7, 11) is 0. The van der Waals surface area contributed by atoms with Crippen LogP contribution in [-0.2, 0) is 11.8 Å². The predicted molar refractivity (Wildman–Crippen MR) is 77.6 cm³/mol. The summed E-state index contributed by atoms with van der Waals surface area (Å²) in [5, 5.41) is 29.0. The zero-order valence-electron chi connectivity index (χ0n) is 11.2. The second kappa shape index (κ2) is 5.02. The van der Waals surface area contributed by atoms with Crippen LogP contribution in [0.3, 0.4) is 0 Å². The average molecular weight is 270 g/mol. The van der Waals surface area contributed by atoms with Crippen molar-refractivity contribution in [1.29, 1.82) is 0 Å². The Hall–Kier alpha value is -1.68. The molecular weight excluding hydrogens is 252 g/mol. The Balaban J connectivity index is 2.19. The fraction of sp³-hybridized carbons (Fsp3) is 0.294. The SMILES string of the molecule is OCC(CO)(CO)c1cccc2c1Cc1ccccc1-2. The largest absolute Gasteiger partial charge is 0.395 e. The van der Waals surface area contributed by atoms with Gasteiger partial charge in [0.1, 0.15) is 0 Å². The van der Waals surface area contributed by atoms with E-state index in [1.165, 1.54) is 11.1 Å². The monoisotopic (exact) mass is 270 g/mol. The van der Waals surface area contributed by atoms with E-state index < -0.39 is 5.41 Å². The van der Waals surface area contributed by atoms with Crippen LogP contribution in [0, 0.1) is 0 Å². The molecule has 2 aromatic carbocycles. The third-order valence-electron chi connectivity index (χ3n) is 4.33. The topological polar surface area (TPSA) is 60.7 Å². The second-order valence-electron chi connectivity index (χ2n) is 5.42. The maximum atomic E-state index is 9.66. The molecular formula is C17H18O3. The van der Waals surface area contributed by atoms with E-state index in [-0.39, 0.29) is 19.8 Å². The van der Waals surface area contributed by atoms with E-state index in [2.05, 4.69) is 18.2 Å². The molecule has 104 valence electrons. The molecule has 0 atom stereocenters. The van der Waals surface area contributed by atoms with Crippen LogP contribution in [0.1, 0.15) is 16.7 Å². The summed E-state index contributed by atoms with van der Waals surface area (Å²) >= 11 is 0. The molecule has 0 fully saturated rings. The molecule has 1 aliphatic rings. The number of rotatable bonds is 4. The summed E-state index contributed by atoms with van der Waals surface area (Å²) < 4.78 is 0. The summed E-state index contributed by atoms with van der Waals surface area (Å²) in [6, 6.07) is 14.1. The normalized spacial score (nSPS) is 13.2. The Morgan fingerprint density at radius 1 is 0.800 bits per heavy atom. The van der Waals surface area contributed by atoms with Crippen LogP contribution in [-0.4, -0.2) is 35.1 Å². The molecule has 20 heavy (non-hydrogen) atoms.